The average molecular weight is 301 g/mol. The molecular weight excluding hydrogens is 278 g/mol. The second kappa shape index (κ2) is 5.99. The molecule has 0 spiro atoms. The summed E-state index contributed by atoms with van der Waals surface area (Å²) < 4.78 is 7.66. The van der Waals surface area contributed by atoms with Gasteiger partial charge < -0.3 is 14.0 Å². The van der Waals surface area contributed by atoms with Gasteiger partial charge in [-0.15, -0.1) is 0 Å². The molecule has 2 atom stereocenters. The Bertz CT molecular complexity index is 670. The Morgan fingerprint density at radius 3 is 2.82 bits per heavy atom. The van der Waals surface area contributed by atoms with Gasteiger partial charge in [-0.05, 0) is 37.3 Å². The lowest BCUT2D eigenvalue weighted by Gasteiger charge is -2.34. The number of fused-ring (bicyclic) bond motifs is 1. The molecule has 2 aromatic heterocycles. The van der Waals surface area contributed by atoms with E-state index in [4.69, 9.17) is 4.74 Å². The first-order valence-corrected chi connectivity index (χ1v) is 7.88. The molecule has 0 radical (unpaired) electrons. The van der Waals surface area contributed by atoms with Crippen LogP contribution >= 0.6 is 0 Å². The third-order valence-corrected chi connectivity index (χ3v) is 4.14. The number of amides is 1. The Balaban J connectivity index is 1.67. The minimum Gasteiger partial charge on any atom is -0.480 e. The van der Waals surface area contributed by atoms with Crippen molar-refractivity contribution >= 4 is 11.6 Å². The van der Waals surface area contributed by atoms with Gasteiger partial charge in [-0.1, -0.05) is 13.8 Å². The lowest BCUT2D eigenvalue weighted by atomic mass is 9.92. The van der Waals surface area contributed by atoms with E-state index >= 15 is 0 Å². The molecule has 0 aromatic carbocycles. The fraction of sp³-hybridized carbons (Fsp3) is 0.529. The number of imidazole rings is 1. The Morgan fingerprint density at radius 1 is 1.36 bits per heavy atom. The van der Waals surface area contributed by atoms with E-state index in [1.165, 1.54) is 6.42 Å². The van der Waals surface area contributed by atoms with Crippen LogP contribution < -0.4 is 4.74 Å². The number of carbonyl (C=O) groups is 1. The molecule has 1 aliphatic rings. The second-order valence-electron chi connectivity index (χ2n) is 6.52. The number of likely N-dealkylation sites (tertiary alicyclic amines) is 1. The van der Waals surface area contributed by atoms with Gasteiger partial charge in [0.15, 0.2) is 18.0 Å². The highest BCUT2D eigenvalue weighted by Gasteiger charge is 2.25. The molecule has 1 aliphatic heterocycles. The molecule has 0 bridgehead atoms. The van der Waals surface area contributed by atoms with E-state index in [0.717, 1.165) is 24.4 Å². The van der Waals surface area contributed by atoms with E-state index in [1.54, 1.807) is 0 Å². The molecular formula is C17H23N3O2. The molecule has 0 saturated carbocycles. The number of pyridine rings is 1. The summed E-state index contributed by atoms with van der Waals surface area (Å²) in [6.07, 6.45) is 5.06. The van der Waals surface area contributed by atoms with Gasteiger partial charge in [0, 0.05) is 25.5 Å². The lowest BCUT2D eigenvalue weighted by Crippen LogP contribution is -2.44. The molecule has 0 N–H and O–H groups in total. The van der Waals surface area contributed by atoms with Gasteiger partial charge in [-0.25, -0.2) is 4.98 Å². The number of nitrogens with zero attached hydrogens (tertiary/aromatic N) is 3. The summed E-state index contributed by atoms with van der Waals surface area (Å²) in [5.74, 6) is 1.84. The summed E-state index contributed by atoms with van der Waals surface area (Å²) in [6.45, 7) is 8.08. The number of hydrogen-bond acceptors (Lipinski definition) is 3. The van der Waals surface area contributed by atoms with Gasteiger partial charge in [0.05, 0.1) is 5.69 Å². The lowest BCUT2D eigenvalue weighted by molar-refractivity contribution is -0.136. The van der Waals surface area contributed by atoms with Crippen LogP contribution in [-0.4, -0.2) is 39.9 Å². The summed E-state index contributed by atoms with van der Waals surface area (Å²) >= 11 is 0. The topological polar surface area (TPSA) is 46.8 Å². The van der Waals surface area contributed by atoms with Crippen LogP contribution in [0.5, 0.6) is 5.75 Å². The summed E-state index contributed by atoms with van der Waals surface area (Å²) in [5, 5.41) is 0. The van der Waals surface area contributed by atoms with E-state index < -0.39 is 0 Å². The van der Waals surface area contributed by atoms with Gasteiger partial charge in [-0.3, -0.25) is 4.79 Å². The number of hydrogen-bond donors (Lipinski definition) is 0. The van der Waals surface area contributed by atoms with Crippen molar-refractivity contribution in [3.05, 3.63) is 30.2 Å². The number of rotatable bonds is 3. The van der Waals surface area contributed by atoms with Crippen LogP contribution in [0.25, 0.3) is 5.65 Å². The van der Waals surface area contributed by atoms with Crippen molar-refractivity contribution in [2.75, 3.05) is 19.7 Å². The number of aromatic nitrogens is 2. The fourth-order valence-electron chi connectivity index (χ4n) is 3.32. The molecule has 5 heteroatoms. The SMILES string of the molecule is Cc1cn2cccc(OCC(=O)N3CC(C)CC(C)C3)c2n1. The van der Waals surface area contributed by atoms with Crippen molar-refractivity contribution in [2.24, 2.45) is 11.8 Å². The smallest absolute Gasteiger partial charge is 0.260 e. The van der Waals surface area contributed by atoms with E-state index in [9.17, 15) is 4.79 Å². The monoisotopic (exact) mass is 301 g/mol. The van der Waals surface area contributed by atoms with E-state index in [-0.39, 0.29) is 12.5 Å². The number of carbonyl (C=O) groups excluding carboxylic acids is 1. The molecule has 1 amide bonds. The van der Waals surface area contributed by atoms with Crippen molar-refractivity contribution in [3.63, 3.8) is 0 Å². The zero-order chi connectivity index (χ0) is 15.7. The Hall–Kier alpha value is -2.04. The predicted molar refractivity (Wildman–Crippen MR) is 84.9 cm³/mol. The van der Waals surface area contributed by atoms with Crippen molar-refractivity contribution in [1.82, 2.24) is 14.3 Å². The van der Waals surface area contributed by atoms with E-state index in [1.807, 2.05) is 40.8 Å². The first kappa shape index (κ1) is 14.9. The van der Waals surface area contributed by atoms with Crippen LogP contribution in [-0.2, 0) is 4.79 Å². The first-order chi connectivity index (χ1) is 10.5. The molecule has 2 unspecified atom stereocenters. The van der Waals surface area contributed by atoms with Crippen molar-refractivity contribution < 1.29 is 9.53 Å². The fourth-order valence-corrected chi connectivity index (χ4v) is 3.32. The average Bonchev–Trinajstić information content (AvgIpc) is 2.84. The number of aryl methyl sites for hydroxylation is 1. The van der Waals surface area contributed by atoms with E-state index in [0.29, 0.717) is 17.6 Å². The Labute approximate surface area is 130 Å². The third kappa shape index (κ3) is 3.08. The minimum absolute atomic E-state index is 0.0590. The quantitative estimate of drug-likeness (QED) is 0.875. The zero-order valence-corrected chi connectivity index (χ0v) is 13.5. The molecule has 1 saturated heterocycles. The summed E-state index contributed by atoms with van der Waals surface area (Å²) in [4.78, 5) is 18.7. The molecule has 3 rings (SSSR count). The van der Waals surface area contributed by atoms with Crippen molar-refractivity contribution in [1.29, 1.82) is 0 Å². The van der Waals surface area contributed by atoms with Crippen LogP contribution in [0.2, 0.25) is 0 Å². The summed E-state index contributed by atoms with van der Waals surface area (Å²) in [5.41, 5.74) is 1.69. The van der Waals surface area contributed by atoms with Crippen LogP contribution in [0.4, 0.5) is 0 Å². The van der Waals surface area contributed by atoms with Crippen LogP contribution in [0.3, 0.4) is 0 Å². The molecule has 1 fully saturated rings. The molecule has 0 aliphatic carbocycles. The molecule has 5 nitrogen and oxygen atoms in total. The standard InChI is InChI=1S/C17H23N3O2/c1-12-7-13(2)9-20(8-12)16(21)11-22-15-5-4-6-19-10-14(3)18-17(15)19/h4-6,10,12-13H,7-9,11H2,1-3H3. The molecule has 22 heavy (non-hydrogen) atoms. The normalized spacial score (nSPS) is 22.0. The largest absolute Gasteiger partial charge is 0.480 e. The Kier molecular flexibility index (Phi) is 4.05. The van der Waals surface area contributed by atoms with E-state index in [2.05, 4.69) is 18.8 Å². The zero-order valence-electron chi connectivity index (χ0n) is 13.5. The highest BCUT2D eigenvalue weighted by molar-refractivity contribution is 5.78. The van der Waals surface area contributed by atoms with Crippen molar-refractivity contribution in [3.8, 4) is 5.75 Å². The number of ether oxygens (including phenoxy) is 1. The minimum atomic E-state index is 0.0590. The highest BCUT2D eigenvalue weighted by atomic mass is 16.5. The van der Waals surface area contributed by atoms with Gasteiger partial charge in [0.2, 0.25) is 0 Å². The maximum atomic E-state index is 12.4. The molecule has 118 valence electrons. The molecule has 3 heterocycles. The first-order valence-electron chi connectivity index (χ1n) is 7.88. The van der Waals surface area contributed by atoms with Gasteiger partial charge >= 0.3 is 0 Å². The van der Waals surface area contributed by atoms with Crippen molar-refractivity contribution in [2.45, 2.75) is 27.2 Å². The van der Waals surface area contributed by atoms with Gasteiger partial charge in [0.25, 0.3) is 5.91 Å². The van der Waals surface area contributed by atoms with Crippen LogP contribution in [0.1, 0.15) is 26.0 Å². The third-order valence-electron chi connectivity index (χ3n) is 4.14. The Morgan fingerprint density at radius 2 is 2.09 bits per heavy atom. The van der Waals surface area contributed by atoms with Crippen LogP contribution in [0.15, 0.2) is 24.5 Å². The number of piperidine rings is 1. The van der Waals surface area contributed by atoms with Crippen LogP contribution in [0, 0.1) is 18.8 Å². The maximum Gasteiger partial charge on any atom is 0.260 e. The molecule has 2 aromatic rings. The second-order valence-corrected chi connectivity index (χ2v) is 6.52. The van der Waals surface area contributed by atoms with Gasteiger partial charge in [-0.2, -0.15) is 0 Å². The summed E-state index contributed by atoms with van der Waals surface area (Å²) in [7, 11) is 0. The maximum absolute atomic E-state index is 12.4. The van der Waals surface area contributed by atoms with Gasteiger partial charge in [0.1, 0.15) is 0 Å². The summed E-state index contributed by atoms with van der Waals surface area (Å²) in [6, 6.07) is 3.76. The highest BCUT2D eigenvalue weighted by Crippen LogP contribution is 2.22. The predicted octanol–water partition coefficient (Wildman–Crippen LogP) is 2.53.